The Morgan fingerprint density at radius 1 is 1.65 bits per heavy atom. The maximum atomic E-state index is 13.2. The van der Waals surface area contributed by atoms with E-state index in [0.29, 0.717) is 18.0 Å². The van der Waals surface area contributed by atoms with Crippen molar-refractivity contribution in [1.29, 1.82) is 0 Å². The van der Waals surface area contributed by atoms with Gasteiger partial charge in [-0.2, -0.15) is 0 Å². The van der Waals surface area contributed by atoms with Crippen LogP contribution < -0.4 is 15.4 Å². The Labute approximate surface area is 97.9 Å². The minimum Gasteiger partial charge on any atom is -0.495 e. The Morgan fingerprint density at radius 2 is 2.41 bits per heavy atom. The smallest absolute Gasteiger partial charge is 0.414 e. The molecule has 1 amide bonds. The number of nitrogens with zero attached hydrogens (tertiary/aromatic N) is 1. The third-order valence-electron chi connectivity index (χ3n) is 2.57. The van der Waals surface area contributed by atoms with Crippen LogP contribution in [0.1, 0.15) is 0 Å². The Kier molecular flexibility index (Phi) is 3.14. The lowest BCUT2D eigenvalue weighted by atomic mass is 10.2. The number of anilines is 1. The Morgan fingerprint density at radius 3 is 3.00 bits per heavy atom. The molecule has 0 bridgehead atoms. The van der Waals surface area contributed by atoms with Gasteiger partial charge in [-0.05, 0) is 12.1 Å². The topological polar surface area (TPSA) is 64.8 Å². The first-order valence-corrected chi connectivity index (χ1v) is 5.17. The zero-order valence-electron chi connectivity index (χ0n) is 9.35. The molecular weight excluding hydrogens is 227 g/mol. The Hall–Kier alpha value is -1.82. The van der Waals surface area contributed by atoms with Gasteiger partial charge in [0.25, 0.3) is 0 Å². The van der Waals surface area contributed by atoms with Crippen molar-refractivity contribution < 1.29 is 18.7 Å². The number of hydrogen-bond acceptors (Lipinski definition) is 4. The summed E-state index contributed by atoms with van der Waals surface area (Å²) in [5.41, 5.74) is 5.78. The zero-order chi connectivity index (χ0) is 12.4. The number of carbonyl (C=O) groups is 1. The fourth-order valence-corrected chi connectivity index (χ4v) is 1.72. The lowest BCUT2D eigenvalue weighted by Gasteiger charge is -2.16. The molecule has 2 rings (SSSR count). The largest absolute Gasteiger partial charge is 0.495 e. The molecule has 92 valence electrons. The van der Waals surface area contributed by atoms with Crippen LogP contribution in [-0.4, -0.2) is 32.4 Å². The van der Waals surface area contributed by atoms with Gasteiger partial charge in [-0.3, -0.25) is 4.90 Å². The van der Waals surface area contributed by atoms with Gasteiger partial charge in [0.2, 0.25) is 0 Å². The van der Waals surface area contributed by atoms with Gasteiger partial charge in [0.1, 0.15) is 17.7 Å². The summed E-state index contributed by atoms with van der Waals surface area (Å²) >= 11 is 0. The molecule has 5 nitrogen and oxygen atoms in total. The van der Waals surface area contributed by atoms with Crippen LogP contribution in [-0.2, 0) is 4.74 Å². The maximum absolute atomic E-state index is 13.2. The number of methoxy groups -OCH3 is 1. The van der Waals surface area contributed by atoms with E-state index in [0.717, 1.165) is 0 Å². The number of halogens is 1. The van der Waals surface area contributed by atoms with Crippen LogP contribution in [0, 0.1) is 5.82 Å². The number of rotatable bonds is 3. The second-order valence-electron chi connectivity index (χ2n) is 3.67. The molecular formula is C11H13FN2O3. The predicted molar refractivity (Wildman–Crippen MR) is 59.6 cm³/mol. The third-order valence-corrected chi connectivity index (χ3v) is 2.57. The molecule has 2 N–H and O–H groups in total. The van der Waals surface area contributed by atoms with Crippen molar-refractivity contribution in [2.24, 2.45) is 5.73 Å². The third kappa shape index (κ3) is 2.16. The number of ether oxygens (including phenoxy) is 2. The minimum atomic E-state index is -0.538. The highest BCUT2D eigenvalue weighted by Gasteiger charge is 2.33. The molecule has 1 saturated heterocycles. The van der Waals surface area contributed by atoms with Crippen molar-refractivity contribution in [3.05, 3.63) is 24.0 Å². The van der Waals surface area contributed by atoms with Crippen LogP contribution in [0.3, 0.4) is 0 Å². The van der Waals surface area contributed by atoms with Crippen LogP contribution in [0.4, 0.5) is 14.9 Å². The maximum Gasteiger partial charge on any atom is 0.414 e. The fourth-order valence-electron chi connectivity index (χ4n) is 1.72. The van der Waals surface area contributed by atoms with Crippen molar-refractivity contribution in [2.75, 3.05) is 25.1 Å². The van der Waals surface area contributed by atoms with Crippen molar-refractivity contribution in [1.82, 2.24) is 0 Å². The summed E-state index contributed by atoms with van der Waals surface area (Å²) in [6.07, 6.45) is -0.903. The number of cyclic esters (lactones) is 1. The quantitative estimate of drug-likeness (QED) is 0.859. The summed E-state index contributed by atoms with van der Waals surface area (Å²) in [5, 5.41) is 0. The summed E-state index contributed by atoms with van der Waals surface area (Å²) in [4.78, 5) is 12.9. The van der Waals surface area contributed by atoms with Crippen LogP contribution in [0.5, 0.6) is 5.75 Å². The summed E-state index contributed by atoms with van der Waals surface area (Å²) in [6.45, 7) is 0.537. The summed E-state index contributed by atoms with van der Waals surface area (Å²) in [7, 11) is 1.46. The average molecular weight is 240 g/mol. The van der Waals surface area contributed by atoms with Crippen LogP contribution >= 0.6 is 0 Å². The first-order valence-electron chi connectivity index (χ1n) is 5.17. The van der Waals surface area contributed by atoms with E-state index in [2.05, 4.69) is 0 Å². The highest BCUT2D eigenvalue weighted by molar-refractivity contribution is 5.91. The number of carbonyl (C=O) groups excluding carboxylic acids is 1. The van der Waals surface area contributed by atoms with Gasteiger partial charge >= 0.3 is 6.09 Å². The van der Waals surface area contributed by atoms with E-state index < -0.39 is 11.9 Å². The molecule has 0 saturated carbocycles. The molecule has 1 aliphatic rings. The summed E-state index contributed by atoms with van der Waals surface area (Å²) in [6, 6.07) is 3.97. The van der Waals surface area contributed by atoms with Gasteiger partial charge in [0.05, 0.1) is 19.3 Å². The lowest BCUT2D eigenvalue weighted by molar-refractivity contribution is 0.145. The monoisotopic (exact) mass is 240 g/mol. The van der Waals surface area contributed by atoms with Crippen molar-refractivity contribution in [3.63, 3.8) is 0 Å². The van der Waals surface area contributed by atoms with Gasteiger partial charge in [-0.15, -0.1) is 0 Å². The average Bonchev–Trinajstić information content (AvgIpc) is 2.70. The van der Waals surface area contributed by atoms with E-state index in [1.165, 1.54) is 30.2 Å². The molecule has 6 heteroatoms. The molecule has 1 unspecified atom stereocenters. The van der Waals surface area contributed by atoms with E-state index in [1.807, 2.05) is 0 Å². The molecule has 0 aromatic heterocycles. The summed E-state index contributed by atoms with van der Waals surface area (Å²) in [5.74, 6) is -0.0224. The second kappa shape index (κ2) is 4.58. The molecule has 1 fully saturated rings. The first kappa shape index (κ1) is 11.7. The number of amides is 1. The lowest BCUT2D eigenvalue weighted by Crippen LogP contribution is -2.27. The van der Waals surface area contributed by atoms with Gasteiger partial charge in [0.15, 0.2) is 0 Å². The fraction of sp³-hybridized carbons (Fsp3) is 0.364. The Balaban J connectivity index is 2.33. The summed E-state index contributed by atoms with van der Waals surface area (Å²) < 4.78 is 23.3. The van der Waals surface area contributed by atoms with Crippen LogP contribution in [0.15, 0.2) is 18.2 Å². The van der Waals surface area contributed by atoms with E-state index in [9.17, 15) is 9.18 Å². The molecule has 1 heterocycles. The number of hydrogen-bond donors (Lipinski definition) is 1. The van der Waals surface area contributed by atoms with Crippen LogP contribution in [0.25, 0.3) is 0 Å². The molecule has 0 radical (unpaired) electrons. The standard InChI is InChI=1S/C11H13FN2O3/c1-16-10-3-2-7(12)4-9(10)14-6-8(5-13)17-11(14)15/h2-4,8H,5-6,13H2,1H3. The number of benzene rings is 1. The highest BCUT2D eigenvalue weighted by Crippen LogP contribution is 2.31. The first-order chi connectivity index (χ1) is 8.15. The minimum absolute atomic E-state index is 0.236. The molecule has 1 atom stereocenters. The SMILES string of the molecule is COc1ccc(F)cc1N1CC(CN)OC1=O. The predicted octanol–water partition coefficient (Wildman–Crippen LogP) is 1.12. The molecule has 0 spiro atoms. The molecule has 17 heavy (non-hydrogen) atoms. The van der Waals surface area contributed by atoms with E-state index in [-0.39, 0.29) is 12.6 Å². The van der Waals surface area contributed by atoms with E-state index >= 15 is 0 Å². The van der Waals surface area contributed by atoms with E-state index in [1.54, 1.807) is 0 Å². The van der Waals surface area contributed by atoms with Crippen LogP contribution in [0.2, 0.25) is 0 Å². The van der Waals surface area contributed by atoms with Gasteiger partial charge < -0.3 is 15.2 Å². The molecule has 1 aliphatic heterocycles. The molecule has 0 aliphatic carbocycles. The second-order valence-corrected chi connectivity index (χ2v) is 3.67. The van der Waals surface area contributed by atoms with Gasteiger partial charge in [0, 0.05) is 12.6 Å². The van der Waals surface area contributed by atoms with Gasteiger partial charge in [-0.25, -0.2) is 9.18 Å². The number of nitrogens with two attached hydrogens (primary N) is 1. The van der Waals surface area contributed by atoms with Crippen molar-refractivity contribution >= 4 is 11.8 Å². The van der Waals surface area contributed by atoms with Gasteiger partial charge in [-0.1, -0.05) is 0 Å². The van der Waals surface area contributed by atoms with Crippen molar-refractivity contribution in [3.8, 4) is 5.75 Å². The molecule has 1 aromatic rings. The zero-order valence-corrected chi connectivity index (χ0v) is 9.35. The van der Waals surface area contributed by atoms with Crippen molar-refractivity contribution in [2.45, 2.75) is 6.10 Å². The molecule has 1 aromatic carbocycles. The van der Waals surface area contributed by atoms with E-state index in [4.69, 9.17) is 15.2 Å². The Bertz CT molecular complexity index is 439. The highest BCUT2D eigenvalue weighted by atomic mass is 19.1. The normalized spacial score (nSPS) is 19.4.